The second-order valence-corrected chi connectivity index (χ2v) is 27.4. The van der Waals surface area contributed by atoms with Crippen LogP contribution in [0.15, 0.2) is 59.8 Å². The van der Waals surface area contributed by atoms with Crippen LogP contribution in [0.25, 0.3) is 0 Å². The monoisotopic (exact) mass is 731 g/mol. The Kier molecular flexibility index (Phi) is 20.9. The quantitative estimate of drug-likeness (QED) is 0.0631. The van der Waals surface area contributed by atoms with Crippen LogP contribution in [0, 0.1) is 23.7 Å². The lowest BCUT2D eigenvalue weighted by atomic mass is 9.83. The highest BCUT2D eigenvalue weighted by Crippen LogP contribution is 2.45. The van der Waals surface area contributed by atoms with E-state index in [0.717, 1.165) is 25.7 Å². The highest BCUT2D eigenvalue weighted by Gasteiger charge is 2.49. The molecule has 0 bridgehead atoms. The maximum absolute atomic E-state index is 7.60. The molecule has 0 aromatic heterocycles. The van der Waals surface area contributed by atoms with E-state index in [9.17, 15) is 0 Å². The van der Waals surface area contributed by atoms with Crippen molar-refractivity contribution < 1.29 is 18.3 Å². The molecular weight excluding hydrogens is 649 g/mol. The van der Waals surface area contributed by atoms with E-state index in [1.165, 1.54) is 11.1 Å². The van der Waals surface area contributed by atoms with Crippen molar-refractivity contribution in [2.75, 3.05) is 0 Å². The Labute approximate surface area is 313 Å². The largest absolute Gasteiger partial charge is 0.414 e. The molecule has 0 aromatic carbocycles. The Balaban J connectivity index is 3.16. The number of hydrogen-bond acceptors (Lipinski definition) is 4. The average molecular weight is 731 g/mol. The minimum atomic E-state index is -2.06. The van der Waals surface area contributed by atoms with Gasteiger partial charge in [-0.25, -0.2) is 0 Å². The summed E-state index contributed by atoms with van der Waals surface area (Å²) in [5.41, 5.74) is 4.33. The lowest BCUT2D eigenvalue weighted by molar-refractivity contribution is -0.154. The number of allylic oxidation sites excluding steroid dienone is 6. The van der Waals surface area contributed by atoms with Gasteiger partial charge in [-0.05, 0) is 100 Å². The van der Waals surface area contributed by atoms with Gasteiger partial charge < -0.3 is 18.3 Å². The normalized spacial score (nSPS) is 22.4. The minimum absolute atomic E-state index is 0.0532. The fourth-order valence-electron chi connectivity index (χ4n) is 7.96. The minimum Gasteiger partial charge on any atom is -0.414 e. The van der Waals surface area contributed by atoms with Crippen LogP contribution in [0.5, 0.6) is 0 Å². The van der Waals surface area contributed by atoms with Crippen molar-refractivity contribution in [2.45, 2.75) is 197 Å². The van der Waals surface area contributed by atoms with Gasteiger partial charge in [-0.3, -0.25) is 0 Å². The van der Waals surface area contributed by atoms with Crippen molar-refractivity contribution in [2.24, 2.45) is 23.7 Å². The Morgan fingerprint density at radius 3 is 1.92 bits per heavy atom. The molecule has 0 radical (unpaired) electrons. The van der Waals surface area contributed by atoms with Crippen LogP contribution in [0.2, 0.25) is 36.3 Å². The van der Waals surface area contributed by atoms with Crippen LogP contribution in [-0.4, -0.2) is 47.3 Å². The lowest BCUT2D eigenvalue weighted by Crippen LogP contribution is -2.55. The molecule has 0 unspecified atom stereocenters. The van der Waals surface area contributed by atoms with Gasteiger partial charge in [-0.1, -0.05) is 143 Å². The molecule has 1 heterocycles. The molecule has 0 aliphatic carbocycles. The summed E-state index contributed by atoms with van der Waals surface area (Å²) < 4.78 is 26.6. The van der Waals surface area contributed by atoms with Crippen LogP contribution in [0.4, 0.5) is 0 Å². The Hall–Kier alpha value is -1.03. The lowest BCUT2D eigenvalue weighted by Gasteiger charge is -2.49. The van der Waals surface area contributed by atoms with Crippen LogP contribution in [-0.2, 0) is 18.3 Å². The summed E-state index contributed by atoms with van der Waals surface area (Å²) in [6.45, 7) is 41.8. The van der Waals surface area contributed by atoms with Crippen molar-refractivity contribution >= 4 is 16.6 Å². The highest BCUT2D eigenvalue weighted by molar-refractivity contribution is 6.77. The molecule has 6 heteroatoms. The summed E-state index contributed by atoms with van der Waals surface area (Å²) in [5.74, 6) is 1.49. The zero-order valence-corrected chi connectivity index (χ0v) is 38.0. The molecule has 8 atom stereocenters. The van der Waals surface area contributed by atoms with E-state index in [4.69, 9.17) is 18.3 Å². The predicted octanol–water partition coefficient (Wildman–Crippen LogP) is 13.6. The fourth-order valence-corrected chi connectivity index (χ4v) is 14.9. The van der Waals surface area contributed by atoms with Crippen molar-refractivity contribution in [3.63, 3.8) is 0 Å². The first-order valence-electron chi connectivity index (χ1n) is 20.2. The van der Waals surface area contributed by atoms with Crippen LogP contribution in [0.3, 0.4) is 0 Å². The molecule has 0 saturated carbocycles. The molecule has 0 N–H and O–H groups in total. The van der Waals surface area contributed by atoms with Crippen molar-refractivity contribution in [1.29, 1.82) is 0 Å². The zero-order valence-electron chi connectivity index (χ0n) is 36.0. The Morgan fingerprint density at radius 2 is 1.42 bits per heavy atom. The highest BCUT2D eigenvalue weighted by atomic mass is 28.4. The second kappa shape index (κ2) is 22.3. The van der Waals surface area contributed by atoms with E-state index in [-0.39, 0.29) is 42.5 Å². The Bertz CT molecular complexity index is 1090. The summed E-state index contributed by atoms with van der Waals surface area (Å²) in [6, 6.07) is 0. The first kappa shape index (κ1) is 47.0. The maximum Gasteiger partial charge on any atom is 0.200 e. The van der Waals surface area contributed by atoms with E-state index < -0.39 is 16.6 Å². The summed E-state index contributed by atoms with van der Waals surface area (Å²) in [7, 11) is -3.88. The molecule has 0 fully saturated rings. The number of ether oxygens (including phenoxy) is 2. The van der Waals surface area contributed by atoms with Gasteiger partial charge in [0.05, 0.1) is 24.4 Å². The Morgan fingerprint density at radius 1 is 0.820 bits per heavy atom. The van der Waals surface area contributed by atoms with E-state index in [1.54, 1.807) is 0 Å². The van der Waals surface area contributed by atoms with Gasteiger partial charge in [0.2, 0.25) is 8.32 Å². The molecule has 0 amide bonds. The third-order valence-electron chi connectivity index (χ3n) is 10.5. The zero-order chi connectivity index (χ0) is 38.4. The first-order valence-corrected chi connectivity index (χ1v) is 25.8. The van der Waals surface area contributed by atoms with Gasteiger partial charge in [-0.2, -0.15) is 0 Å². The van der Waals surface area contributed by atoms with Gasteiger partial charge in [0, 0.05) is 5.92 Å². The van der Waals surface area contributed by atoms with Gasteiger partial charge in [0.15, 0.2) is 14.6 Å². The van der Waals surface area contributed by atoms with Crippen LogP contribution < -0.4 is 0 Å². The van der Waals surface area contributed by atoms with E-state index >= 15 is 0 Å². The third-order valence-corrected chi connectivity index (χ3v) is 17.6. The molecule has 1 aliphatic heterocycles. The number of hydrogen-bond donors (Lipinski definition) is 0. The summed E-state index contributed by atoms with van der Waals surface area (Å²) in [5, 5.41) is 0. The van der Waals surface area contributed by atoms with Crippen molar-refractivity contribution in [1.82, 2.24) is 0 Å². The smallest absolute Gasteiger partial charge is 0.200 e. The molecule has 0 spiro atoms. The van der Waals surface area contributed by atoms with Crippen molar-refractivity contribution in [3.8, 4) is 0 Å². The second-order valence-electron chi connectivity index (χ2n) is 17.6. The molecule has 4 nitrogen and oxygen atoms in total. The van der Waals surface area contributed by atoms with E-state index in [1.807, 2.05) is 19.9 Å². The average Bonchev–Trinajstić information content (AvgIpc) is 3.00. The van der Waals surface area contributed by atoms with Gasteiger partial charge in [0.25, 0.3) is 0 Å². The summed E-state index contributed by atoms with van der Waals surface area (Å²) >= 11 is 0. The summed E-state index contributed by atoms with van der Waals surface area (Å²) in [4.78, 5) is 0. The van der Waals surface area contributed by atoms with Crippen LogP contribution in [0.1, 0.15) is 130 Å². The number of rotatable bonds is 22. The van der Waals surface area contributed by atoms with Gasteiger partial charge in [-0.15, -0.1) is 0 Å². The van der Waals surface area contributed by atoms with Crippen LogP contribution >= 0.6 is 0 Å². The van der Waals surface area contributed by atoms with Crippen molar-refractivity contribution in [3.05, 3.63) is 59.8 Å². The molecule has 290 valence electrons. The van der Waals surface area contributed by atoms with E-state index in [2.05, 4.69) is 152 Å². The standard InChI is InChI=1S/C44H82O4Si2/c1-19-37(13)43(48-50(32(5)6,33(7)8)34(9)10)39(15)44(47-49(16,17)18)38(14)29-35(11)23-21-24-36(12)30-40(20-2)27-28-41-25-22-26-42(46-41)45-31(3)4/h21-23,26-34,36-39,41-44H,19-20,24-25H2,1-18H3/b23-21+,28-27+,35-29+,40-30-/t36-,37+,38-,39-,41-,42-,43+,44-/m1/s1. The molecule has 1 aliphatic rings. The predicted molar refractivity (Wildman–Crippen MR) is 225 cm³/mol. The molecule has 1 rings (SSSR count). The molecular formula is C44H82O4Si2. The summed E-state index contributed by atoms with van der Waals surface area (Å²) in [6.07, 6.45) is 22.4. The molecule has 50 heavy (non-hydrogen) atoms. The van der Waals surface area contributed by atoms with Gasteiger partial charge >= 0.3 is 0 Å². The van der Waals surface area contributed by atoms with E-state index in [0.29, 0.717) is 28.5 Å². The SMILES string of the molecule is CCC(=C/[C@H](C)C/C=C/C(C)=C/[C@@H](C)[C@@H](O[Si](C)(C)C)[C@H](C)[C@@H](O[Si](C(C)C)(C(C)C)C(C)C)[C@@H](C)CC)/C=C/[C@H]1CC=C[C@H](OC(C)C)O1. The third kappa shape index (κ3) is 15.5. The maximum atomic E-state index is 7.60. The first-order chi connectivity index (χ1) is 23.2. The molecule has 0 aromatic rings. The molecule has 0 saturated heterocycles. The fraction of sp³-hybridized carbons (Fsp3) is 0.773. The van der Waals surface area contributed by atoms with Gasteiger partial charge in [0.1, 0.15) is 0 Å². The topological polar surface area (TPSA) is 36.9 Å².